The van der Waals surface area contributed by atoms with E-state index >= 15 is 0 Å². The highest BCUT2D eigenvalue weighted by Crippen LogP contribution is 2.30. The predicted molar refractivity (Wildman–Crippen MR) is 62.5 cm³/mol. The molecule has 0 amide bonds. The van der Waals surface area contributed by atoms with Gasteiger partial charge in [-0.1, -0.05) is 0 Å². The molecule has 17 heavy (non-hydrogen) atoms. The standard InChI is InChI=1S/C11H19N3O3/c1-16-8-3-2-4-11(9(15)17-5-8)6-13-10(12)14-7-11/h8H,2-7H2,1H3,(H3,12,13,14). The van der Waals surface area contributed by atoms with Crippen molar-refractivity contribution in [2.45, 2.75) is 25.4 Å². The van der Waals surface area contributed by atoms with Gasteiger partial charge < -0.3 is 20.5 Å². The lowest BCUT2D eigenvalue weighted by Gasteiger charge is -2.35. The minimum atomic E-state index is -0.540. The number of nitrogens with zero attached hydrogens (tertiary/aromatic N) is 1. The summed E-state index contributed by atoms with van der Waals surface area (Å²) in [5.74, 6) is 0.211. The van der Waals surface area contributed by atoms with Gasteiger partial charge in [-0.05, 0) is 19.3 Å². The molecule has 1 saturated heterocycles. The molecular weight excluding hydrogens is 222 g/mol. The number of rotatable bonds is 1. The summed E-state index contributed by atoms with van der Waals surface area (Å²) in [7, 11) is 1.64. The number of methoxy groups -OCH3 is 1. The molecule has 0 aromatic rings. The number of nitrogens with one attached hydrogen (secondary N) is 1. The molecule has 0 aliphatic carbocycles. The average Bonchev–Trinajstić information content (AvgIpc) is 2.34. The van der Waals surface area contributed by atoms with E-state index in [1.165, 1.54) is 0 Å². The molecule has 6 nitrogen and oxygen atoms in total. The fraction of sp³-hybridized carbons (Fsp3) is 0.818. The molecule has 0 aromatic carbocycles. The highest BCUT2D eigenvalue weighted by molar-refractivity contribution is 5.83. The zero-order chi connectivity index (χ0) is 12.3. The molecule has 96 valence electrons. The van der Waals surface area contributed by atoms with Crippen LogP contribution in [0, 0.1) is 5.41 Å². The summed E-state index contributed by atoms with van der Waals surface area (Å²) in [6.07, 6.45) is 2.62. The lowest BCUT2D eigenvalue weighted by Crippen LogP contribution is -2.53. The third-order valence-electron chi connectivity index (χ3n) is 3.51. The topological polar surface area (TPSA) is 85.9 Å². The molecule has 2 aliphatic heterocycles. The first kappa shape index (κ1) is 12.2. The summed E-state index contributed by atoms with van der Waals surface area (Å²) in [6.45, 7) is 1.26. The number of cyclic esters (lactones) is 1. The van der Waals surface area contributed by atoms with Gasteiger partial charge in [-0.15, -0.1) is 0 Å². The fourth-order valence-electron chi connectivity index (χ4n) is 2.27. The number of guanidine groups is 1. The minimum absolute atomic E-state index is 0.0152. The van der Waals surface area contributed by atoms with Gasteiger partial charge in [0, 0.05) is 13.7 Å². The average molecular weight is 241 g/mol. The molecule has 6 heteroatoms. The van der Waals surface area contributed by atoms with Gasteiger partial charge in [-0.2, -0.15) is 0 Å². The monoisotopic (exact) mass is 241 g/mol. The summed E-state index contributed by atoms with van der Waals surface area (Å²) in [6, 6.07) is 0. The molecule has 0 bridgehead atoms. The molecule has 2 unspecified atom stereocenters. The fourth-order valence-corrected chi connectivity index (χ4v) is 2.27. The van der Waals surface area contributed by atoms with Crippen molar-refractivity contribution >= 4 is 11.9 Å². The van der Waals surface area contributed by atoms with Gasteiger partial charge in [0.15, 0.2) is 5.96 Å². The van der Waals surface area contributed by atoms with Gasteiger partial charge in [-0.3, -0.25) is 9.79 Å². The van der Waals surface area contributed by atoms with Gasteiger partial charge in [0.05, 0.1) is 12.6 Å². The molecule has 0 saturated carbocycles. The summed E-state index contributed by atoms with van der Waals surface area (Å²) < 4.78 is 10.5. The predicted octanol–water partition coefficient (Wildman–Crippen LogP) is -0.367. The molecule has 2 aliphatic rings. The first-order chi connectivity index (χ1) is 8.16. The van der Waals surface area contributed by atoms with Gasteiger partial charge in [-0.25, -0.2) is 0 Å². The molecule has 0 radical (unpaired) electrons. The number of esters is 1. The van der Waals surface area contributed by atoms with Gasteiger partial charge in [0.25, 0.3) is 0 Å². The summed E-state index contributed by atoms with van der Waals surface area (Å²) in [4.78, 5) is 16.2. The molecule has 2 heterocycles. The quantitative estimate of drug-likeness (QED) is 0.612. The summed E-state index contributed by atoms with van der Waals surface area (Å²) in [5.41, 5.74) is 5.01. The lowest BCUT2D eigenvalue weighted by molar-refractivity contribution is -0.161. The largest absolute Gasteiger partial charge is 0.462 e. The highest BCUT2D eigenvalue weighted by Gasteiger charge is 2.42. The van der Waals surface area contributed by atoms with Crippen LogP contribution in [0.15, 0.2) is 4.99 Å². The Labute approximate surface area is 101 Å². The summed E-state index contributed by atoms with van der Waals surface area (Å²) in [5, 5.41) is 2.94. The van der Waals surface area contributed by atoms with E-state index < -0.39 is 5.41 Å². The zero-order valence-electron chi connectivity index (χ0n) is 10.1. The zero-order valence-corrected chi connectivity index (χ0v) is 10.1. The SMILES string of the molecule is COC1CCCC2(CN=C(N)NC2)C(=O)OC1. The van der Waals surface area contributed by atoms with Crippen LogP contribution in [0.3, 0.4) is 0 Å². The van der Waals surface area contributed by atoms with Crippen molar-refractivity contribution in [3.05, 3.63) is 0 Å². The van der Waals surface area contributed by atoms with E-state index in [1.54, 1.807) is 7.11 Å². The molecule has 1 spiro atoms. The Hall–Kier alpha value is -1.30. The van der Waals surface area contributed by atoms with E-state index in [0.717, 1.165) is 19.3 Å². The Kier molecular flexibility index (Phi) is 3.51. The molecule has 2 rings (SSSR count). The van der Waals surface area contributed by atoms with Crippen molar-refractivity contribution in [2.75, 3.05) is 26.8 Å². The summed E-state index contributed by atoms with van der Waals surface area (Å²) >= 11 is 0. The van der Waals surface area contributed by atoms with Crippen LogP contribution >= 0.6 is 0 Å². The van der Waals surface area contributed by atoms with Crippen LogP contribution in [0.5, 0.6) is 0 Å². The second-order valence-electron chi connectivity index (χ2n) is 4.68. The van der Waals surface area contributed by atoms with Crippen LogP contribution in [0.1, 0.15) is 19.3 Å². The van der Waals surface area contributed by atoms with E-state index in [9.17, 15) is 4.79 Å². The third-order valence-corrected chi connectivity index (χ3v) is 3.51. The molecule has 3 N–H and O–H groups in total. The van der Waals surface area contributed by atoms with E-state index in [2.05, 4.69) is 10.3 Å². The Bertz CT molecular complexity index is 332. The normalized spacial score (nSPS) is 34.3. The van der Waals surface area contributed by atoms with Crippen molar-refractivity contribution in [3.8, 4) is 0 Å². The molecule has 2 atom stereocenters. The van der Waals surface area contributed by atoms with Crippen LogP contribution in [-0.2, 0) is 14.3 Å². The van der Waals surface area contributed by atoms with E-state index in [0.29, 0.717) is 25.7 Å². The van der Waals surface area contributed by atoms with Crippen molar-refractivity contribution in [1.82, 2.24) is 5.32 Å². The van der Waals surface area contributed by atoms with E-state index in [-0.39, 0.29) is 12.1 Å². The third kappa shape index (κ3) is 2.52. The number of hydrogen-bond donors (Lipinski definition) is 2. The molecular formula is C11H19N3O3. The minimum Gasteiger partial charge on any atom is -0.462 e. The van der Waals surface area contributed by atoms with Crippen LogP contribution in [0.25, 0.3) is 0 Å². The number of carbonyl (C=O) groups excluding carboxylic acids is 1. The number of aliphatic imine (C=N–C) groups is 1. The maximum Gasteiger partial charge on any atom is 0.315 e. The van der Waals surface area contributed by atoms with Crippen LogP contribution in [-0.4, -0.2) is 44.8 Å². The Balaban J connectivity index is 2.06. The van der Waals surface area contributed by atoms with Crippen LogP contribution in [0.4, 0.5) is 0 Å². The van der Waals surface area contributed by atoms with Crippen LogP contribution < -0.4 is 11.1 Å². The number of ether oxygens (including phenoxy) is 2. The maximum absolute atomic E-state index is 12.1. The Morgan fingerprint density at radius 1 is 1.65 bits per heavy atom. The second kappa shape index (κ2) is 4.91. The van der Waals surface area contributed by atoms with Gasteiger partial charge >= 0.3 is 5.97 Å². The highest BCUT2D eigenvalue weighted by atomic mass is 16.6. The Morgan fingerprint density at radius 2 is 2.47 bits per heavy atom. The lowest BCUT2D eigenvalue weighted by atomic mass is 9.80. The second-order valence-corrected chi connectivity index (χ2v) is 4.68. The maximum atomic E-state index is 12.1. The van der Waals surface area contributed by atoms with Crippen LogP contribution in [0.2, 0.25) is 0 Å². The molecule has 1 fully saturated rings. The van der Waals surface area contributed by atoms with Gasteiger partial charge in [0.1, 0.15) is 12.0 Å². The van der Waals surface area contributed by atoms with Gasteiger partial charge in [0.2, 0.25) is 0 Å². The first-order valence-electron chi connectivity index (χ1n) is 5.90. The van der Waals surface area contributed by atoms with Crippen molar-refractivity contribution < 1.29 is 14.3 Å². The Morgan fingerprint density at radius 3 is 3.12 bits per heavy atom. The first-order valence-corrected chi connectivity index (χ1v) is 5.90. The number of hydrogen-bond acceptors (Lipinski definition) is 6. The molecule has 0 aromatic heterocycles. The number of nitrogens with two attached hydrogens (primary N) is 1. The number of carbonyl (C=O) groups is 1. The van der Waals surface area contributed by atoms with Crippen molar-refractivity contribution in [3.63, 3.8) is 0 Å². The van der Waals surface area contributed by atoms with E-state index in [4.69, 9.17) is 15.2 Å². The van der Waals surface area contributed by atoms with E-state index in [1.807, 2.05) is 0 Å². The smallest absolute Gasteiger partial charge is 0.315 e. The van der Waals surface area contributed by atoms with Crippen molar-refractivity contribution in [1.29, 1.82) is 0 Å². The van der Waals surface area contributed by atoms with Crippen molar-refractivity contribution in [2.24, 2.45) is 16.1 Å².